The smallest absolute Gasteiger partial charge is 0.0797 e. The SMILES string of the molecule is C=C[C@@](C)(O)CCC[C@H](C)CCC=C(C)C. The van der Waals surface area contributed by atoms with Crippen molar-refractivity contribution >= 4 is 0 Å². The summed E-state index contributed by atoms with van der Waals surface area (Å²) < 4.78 is 0. The summed E-state index contributed by atoms with van der Waals surface area (Å²) in [4.78, 5) is 0. The highest BCUT2D eigenvalue weighted by atomic mass is 16.3. The molecule has 0 aromatic heterocycles. The lowest BCUT2D eigenvalue weighted by molar-refractivity contribution is 0.0975. The molecule has 0 amide bonds. The van der Waals surface area contributed by atoms with Crippen molar-refractivity contribution in [3.05, 3.63) is 24.3 Å². The third kappa shape index (κ3) is 8.72. The van der Waals surface area contributed by atoms with Gasteiger partial charge in [0, 0.05) is 0 Å². The van der Waals surface area contributed by atoms with E-state index in [0.29, 0.717) is 0 Å². The lowest BCUT2D eigenvalue weighted by atomic mass is 9.93. The fourth-order valence-corrected chi connectivity index (χ4v) is 1.71. The van der Waals surface area contributed by atoms with E-state index in [2.05, 4.69) is 33.4 Å². The van der Waals surface area contributed by atoms with E-state index in [1.165, 1.54) is 24.8 Å². The minimum absolute atomic E-state index is 0.681. The van der Waals surface area contributed by atoms with Gasteiger partial charge in [0.15, 0.2) is 0 Å². The highest BCUT2D eigenvalue weighted by Gasteiger charge is 2.14. The van der Waals surface area contributed by atoms with Gasteiger partial charge < -0.3 is 5.11 Å². The summed E-state index contributed by atoms with van der Waals surface area (Å²) in [6.07, 6.45) is 9.47. The number of allylic oxidation sites excluding steroid dienone is 2. The molecular weight excluding hydrogens is 196 g/mol. The molecule has 1 heteroatoms. The second kappa shape index (κ2) is 7.67. The van der Waals surface area contributed by atoms with E-state index < -0.39 is 5.60 Å². The molecule has 0 unspecified atom stereocenters. The summed E-state index contributed by atoms with van der Waals surface area (Å²) in [5.74, 6) is 0.746. The average Bonchev–Trinajstić information content (AvgIpc) is 2.17. The Morgan fingerprint density at radius 3 is 2.50 bits per heavy atom. The Bertz CT molecular complexity index is 222. The molecular formula is C15H28O. The summed E-state index contributed by atoms with van der Waals surface area (Å²) in [5, 5.41) is 9.76. The van der Waals surface area contributed by atoms with Crippen LogP contribution in [0, 0.1) is 5.92 Å². The first-order valence-corrected chi connectivity index (χ1v) is 6.36. The molecule has 0 radical (unpaired) electrons. The molecule has 94 valence electrons. The Morgan fingerprint density at radius 2 is 2.00 bits per heavy atom. The Labute approximate surface area is 101 Å². The van der Waals surface area contributed by atoms with Crippen molar-refractivity contribution in [3.8, 4) is 0 Å². The number of hydrogen-bond donors (Lipinski definition) is 1. The highest BCUT2D eigenvalue weighted by Crippen LogP contribution is 2.20. The van der Waals surface area contributed by atoms with Crippen LogP contribution in [-0.2, 0) is 0 Å². The molecule has 0 spiro atoms. The lowest BCUT2D eigenvalue weighted by Crippen LogP contribution is -2.20. The Hall–Kier alpha value is -0.560. The summed E-state index contributed by atoms with van der Waals surface area (Å²) in [5.41, 5.74) is 0.724. The fourth-order valence-electron chi connectivity index (χ4n) is 1.71. The van der Waals surface area contributed by atoms with E-state index >= 15 is 0 Å². The van der Waals surface area contributed by atoms with Gasteiger partial charge in [-0.1, -0.05) is 37.5 Å². The first-order chi connectivity index (χ1) is 7.37. The molecule has 0 saturated carbocycles. The van der Waals surface area contributed by atoms with Crippen molar-refractivity contribution in [2.75, 3.05) is 0 Å². The molecule has 0 fully saturated rings. The summed E-state index contributed by atoms with van der Waals surface area (Å²) in [6, 6.07) is 0. The molecule has 0 aliphatic rings. The highest BCUT2D eigenvalue weighted by molar-refractivity contribution is 4.93. The van der Waals surface area contributed by atoms with Gasteiger partial charge in [-0.3, -0.25) is 0 Å². The van der Waals surface area contributed by atoms with E-state index in [1.807, 2.05) is 6.92 Å². The molecule has 1 nitrogen and oxygen atoms in total. The van der Waals surface area contributed by atoms with Gasteiger partial charge in [-0.15, -0.1) is 6.58 Å². The van der Waals surface area contributed by atoms with E-state index in [1.54, 1.807) is 6.08 Å². The maximum atomic E-state index is 9.76. The van der Waals surface area contributed by atoms with Crippen LogP contribution in [0.5, 0.6) is 0 Å². The molecule has 0 aliphatic carbocycles. The van der Waals surface area contributed by atoms with Gasteiger partial charge in [-0.05, 0) is 46.0 Å². The standard InChI is InChI=1S/C15H28O/c1-6-15(5,16)12-8-11-14(4)10-7-9-13(2)3/h6,9,14,16H,1,7-8,10-12H2,2-5H3/t14-,15-/m1/s1. The fraction of sp³-hybridized carbons (Fsp3) is 0.733. The molecule has 0 aliphatic heterocycles. The molecule has 0 saturated heterocycles. The zero-order chi connectivity index (χ0) is 12.6. The predicted molar refractivity (Wildman–Crippen MR) is 72.5 cm³/mol. The van der Waals surface area contributed by atoms with E-state index in [9.17, 15) is 5.11 Å². The van der Waals surface area contributed by atoms with E-state index in [0.717, 1.165) is 18.8 Å². The third-order valence-electron chi connectivity index (χ3n) is 3.03. The molecule has 16 heavy (non-hydrogen) atoms. The quantitative estimate of drug-likeness (QED) is 0.603. The lowest BCUT2D eigenvalue weighted by Gasteiger charge is -2.19. The summed E-state index contributed by atoms with van der Waals surface area (Å²) >= 11 is 0. The minimum atomic E-state index is -0.681. The number of aliphatic hydroxyl groups is 1. The zero-order valence-electron chi connectivity index (χ0n) is 11.4. The molecule has 1 N–H and O–H groups in total. The van der Waals surface area contributed by atoms with E-state index in [-0.39, 0.29) is 0 Å². The number of rotatable bonds is 8. The Kier molecular flexibility index (Phi) is 7.40. The van der Waals surface area contributed by atoms with Gasteiger partial charge in [0.25, 0.3) is 0 Å². The second-order valence-electron chi connectivity index (χ2n) is 5.42. The first kappa shape index (κ1) is 15.4. The van der Waals surface area contributed by atoms with Crippen LogP contribution in [-0.4, -0.2) is 10.7 Å². The maximum Gasteiger partial charge on any atom is 0.0797 e. The van der Waals surface area contributed by atoms with Crippen molar-refractivity contribution < 1.29 is 5.11 Å². The second-order valence-corrected chi connectivity index (χ2v) is 5.42. The molecule has 0 bridgehead atoms. The topological polar surface area (TPSA) is 20.2 Å². The van der Waals surface area contributed by atoms with Crippen LogP contribution in [0.3, 0.4) is 0 Å². The molecule has 0 aromatic carbocycles. The van der Waals surface area contributed by atoms with Crippen molar-refractivity contribution in [2.24, 2.45) is 5.92 Å². The molecule has 2 atom stereocenters. The Morgan fingerprint density at radius 1 is 1.38 bits per heavy atom. The van der Waals surface area contributed by atoms with Crippen molar-refractivity contribution in [3.63, 3.8) is 0 Å². The summed E-state index contributed by atoms with van der Waals surface area (Å²) in [6.45, 7) is 12.1. The zero-order valence-corrected chi connectivity index (χ0v) is 11.4. The summed E-state index contributed by atoms with van der Waals surface area (Å²) in [7, 11) is 0. The molecule has 0 heterocycles. The van der Waals surface area contributed by atoms with Gasteiger partial charge in [0.05, 0.1) is 5.60 Å². The van der Waals surface area contributed by atoms with Gasteiger partial charge in [0.2, 0.25) is 0 Å². The normalized spacial score (nSPS) is 16.3. The van der Waals surface area contributed by atoms with Crippen LogP contribution < -0.4 is 0 Å². The van der Waals surface area contributed by atoms with Gasteiger partial charge in [0.1, 0.15) is 0 Å². The van der Waals surface area contributed by atoms with Crippen LogP contribution in [0.15, 0.2) is 24.3 Å². The van der Waals surface area contributed by atoms with Crippen molar-refractivity contribution in [1.29, 1.82) is 0 Å². The van der Waals surface area contributed by atoms with Gasteiger partial charge in [-0.2, -0.15) is 0 Å². The van der Waals surface area contributed by atoms with Crippen LogP contribution in [0.25, 0.3) is 0 Å². The molecule has 0 aromatic rings. The third-order valence-corrected chi connectivity index (χ3v) is 3.03. The largest absolute Gasteiger partial charge is 0.386 e. The van der Waals surface area contributed by atoms with Gasteiger partial charge >= 0.3 is 0 Å². The van der Waals surface area contributed by atoms with Gasteiger partial charge in [-0.25, -0.2) is 0 Å². The monoisotopic (exact) mass is 224 g/mol. The van der Waals surface area contributed by atoms with Crippen LogP contribution in [0.2, 0.25) is 0 Å². The van der Waals surface area contributed by atoms with Crippen molar-refractivity contribution in [1.82, 2.24) is 0 Å². The van der Waals surface area contributed by atoms with Crippen LogP contribution in [0.1, 0.15) is 59.8 Å². The van der Waals surface area contributed by atoms with Crippen LogP contribution in [0.4, 0.5) is 0 Å². The Balaban J connectivity index is 3.62. The van der Waals surface area contributed by atoms with E-state index in [4.69, 9.17) is 0 Å². The minimum Gasteiger partial charge on any atom is -0.386 e. The molecule has 0 rings (SSSR count). The van der Waals surface area contributed by atoms with Crippen LogP contribution >= 0.6 is 0 Å². The predicted octanol–water partition coefficient (Wildman–Crippen LogP) is 4.48. The maximum absolute atomic E-state index is 9.76. The number of hydrogen-bond acceptors (Lipinski definition) is 1. The average molecular weight is 224 g/mol. The first-order valence-electron chi connectivity index (χ1n) is 6.36. The van der Waals surface area contributed by atoms with Crippen molar-refractivity contribution in [2.45, 2.75) is 65.4 Å².